The molecule has 3 heterocycles. The number of nitrogens with one attached hydrogen (secondary N) is 1. The molecule has 0 spiro atoms. The first-order chi connectivity index (χ1) is 8.34. The Bertz CT molecular complexity index is 628. The van der Waals surface area contributed by atoms with Gasteiger partial charge in [-0.2, -0.15) is 5.10 Å². The lowest BCUT2D eigenvalue weighted by Gasteiger charge is -2.04. The maximum absolute atomic E-state index is 4.25. The second-order valence-corrected chi connectivity index (χ2v) is 4.69. The van der Waals surface area contributed by atoms with Crippen LogP contribution < -0.4 is 5.32 Å². The zero-order chi connectivity index (χ0) is 11.7. The van der Waals surface area contributed by atoms with E-state index in [9.17, 15) is 0 Å². The van der Waals surface area contributed by atoms with Crippen molar-refractivity contribution in [3.8, 4) is 0 Å². The summed E-state index contributed by atoms with van der Waals surface area (Å²) >= 11 is 1.73. The Morgan fingerprint density at radius 3 is 3.18 bits per heavy atom. The average Bonchev–Trinajstić information content (AvgIpc) is 2.97. The predicted molar refractivity (Wildman–Crippen MR) is 67.9 cm³/mol. The highest BCUT2D eigenvalue weighted by Crippen LogP contribution is 2.19. The molecule has 0 saturated heterocycles. The van der Waals surface area contributed by atoms with Gasteiger partial charge in [-0.15, -0.1) is 11.3 Å². The van der Waals surface area contributed by atoms with Gasteiger partial charge in [0.15, 0.2) is 5.65 Å². The van der Waals surface area contributed by atoms with Crippen LogP contribution >= 0.6 is 11.3 Å². The summed E-state index contributed by atoms with van der Waals surface area (Å²) in [5.74, 6) is 0.830. The third-order valence-corrected chi connectivity index (χ3v) is 3.42. The molecule has 0 aromatic carbocycles. The normalized spacial score (nSPS) is 10.9. The van der Waals surface area contributed by atoms with E-state index in [0.717, 1.165) is 23.4 Å². The van der Waals surface area contributed by atoms with Crippen molar-refractivity contribution in [3.63, 3.8) is 0 Å². The molecule has 0 fully saturated rings. The lowest BCUT2D eigenvalue weighted by Crippen LogP contribution is -2.01. The van der Waals surface area contributed by atoms with E-state index in [2.05, 4.69) is 31.8 Å². The Morgan fingerprint density at radius 1 is 1.41 bits per heavy atom. The maximum Gasteiger partial charge on any atom is 0.163 e. The molecule has 3 aromatic heterocycles. The molecule has 86 valence electrons. The highest BCUT2D eigenvalue weighted by molar-refractivity contribution is 7.09. The average molecular weight is 245 g/mol. The van der Waals surface area contributed by atoms with Crippen molar-refractivity contribution in [2.45, 2.75) is 6.54 Å². The summed E-state index contributed by atoms with van der Waals surface area (Å²) in [5, 5.41) is 10.5. The summed E-state index contributed by atoms with van der Waals surface area (Å²) in [5.41, 5.74) is 0.841. The van der Waals surface area contributed by atoms with Crippen LogP contribution in [-0.2, 0) is 13.6 Å². The lowest BCUT2D eigenvalue weighted by molar-refractivity contribution is 0.785. The van der Waals surface area contributed by atoms with Gasteiger partial charge in [0.05, 0.1) is 18.1 Å². The molecular weight excluding hydrogens is 234 g/mol. The van der Waals surface area contributed by atoms with Gasteiger partial charge in [0, 0.05) is 11.9 Å². The van der Waals surface area contributed by atoms with Crippen LogP contribution in [-0.4, -0.2) is 19.7 Å². The minimum absolute atomic E-state index is 0.776. The Labute approximate surface area is 102 Å². The standard InChI is InChI=1S/C11H11N5S/c1-16-11-9(6-15-16)10(13-7-14-11)12-5-8-3-2-4-17-8/h2-4,6-7H,5H2,1H3,(H,12,13,14). The van der Waals surface area contributed by atoms with E-state index < -0.39 is 0 Å². The van der Waals surface area contributed by atoms with Crippen LogP contribution in [0.25, 0.3) is 11.0 Å². The third kappa shape index (κ3) is 1.87. The molecule has 0 amide bonds. The van der Waals surface area contributed by atoms with E-state index in [1.54, 1.807) is 28.5 Å². The van der Waals surface area contributed by atoms with Crippen LogP contribution in [0.2, 0.25) is 0 Å². The largest absolute Gasteiger partial charge is 0.364 e. The van der Waals surface area contributed by atoms with Crippen molar-refractivity contribution in [1.29, 1.82) is 0 Å². The first-order valence-electron chi connectivity index (χ1n) is 5.23. The molecule has 0 aliphatic heterocycles. The van der Waals surface area contributed by atoms with Gasteiger partial charge in [0.2, 0.25) is 0 Å². The minimum atomic E-state index is 0.776. The zero-order valence-corrected chi connectivity index (χ0v) is 10.1. The van der Waals surface area contributed by atoms with Gasteiger partial charge < -0.3 is 5.32 Å². The molecule has 6 heteroatoms. The Hall–Kier alpha value is -1.95. The molecule has 0 atom stereocenters. The number of aromatic nitrogens is 4. The van der Waals surface area contributed by atoms with Gasteiger partial charge in [-0.3, -0.25) is 4.68 Å². The Kier molecular flexibility index (Phi) is 2.49. The predicted octanol–water partition coefficient (Wildman–Crippen LogP) is 2.04. The van der Waals surface area contributed by atoms with Crippen LogP contribution in [0.3, 0.4) is 0 Å². The summed E-state index contributed by atoms with van der Waals surface area (Å²) in [6.07, 6.45) is 3.34. The third-order valence-electron chi connectivity index (χ3n) is 2.54. The molecule has 0 radical (unpaired) electrons. The molecule has 0 aliphatic rings. The summed E-state index contributed by atoms with van der Waals surface area (Å²) in [7, 11) is 1.87. The first kappa shape index (κ1) is 10.2. The van der Waals surface area contributed by atoms with E-state index in [0.29, 0.717) is 0 Å². The van der Waals surface area contributed by atoms with Crippen molar-refractivity contribution < 1.29 is 0 Å². The summed E-state index contributed by atoms with van der Waals surface area (Å²) < 4.78 is 1.74. The van der Waals surface area contributed by atoms with Gasteiger partial charge in [-0.1, -0.05) is 6.07 Å². The zero-order valence-electron chi connectivity index (χ0n) is 9.29. The number of fused-ring (bicyclic) bond motifs is 1. The molecule has 3 aromatic rings. The first-order valence-corrected chi connectivity index (χ1v) is 6.11. The highest BCUT2D eigenvalue weighted by atomic mass is 32.1. The number of hydrogen-bond donors (Lipinski definition) is 1. The number of thiophene rings is 1. The molecule has 1 N–H and O–H groups in total. The van der Waals surface area contributed by atoms with Crippen molar-refractivity contribution in [1.82, 2.24) is 19.7 Å². The van der Waals surface area contributed by atoms with E-state index >= 15 is 0 Å². The number of hydrogen-bond acceptors (Lipinski definition) is 5. The van der Waals surface area contributed by atoms with Gasteiger partial charge in [-0.25, -0.2) is 9.97 Å². The monoisotopic (exact) mass is 245 g/mol. The molecular formula is C11H11N5S. The van der Waals surface area contributed by atoms with Crippen LogP contribution in [0.5, 0.6) is 0 Å². The molecule has 3 rings (SSSR count). The van der Waals surface area contributed by atoms with Gasteiger partial charge >= 0.3 is 0 Å². The summed E-state index contributed by atoms with van der Waals surface area (Å²) in [6.45, 7) is 0.776. The fourth-order valence-corrected chi connectivity index (χ4v) is 2.33. The van der Waals surface area contributed by atoms with Crippen molar-refractivity contribution >= 4 is 28.2 Å². The fourth-order valence-electron chi connectivity index (χ4n) is 1.69. The smallest absolute Gasteiger partial charge is 0.163 e. The quantitative estimate of drug-likeness (QED) is 0.767. The van der Waals surface area contributed by atoms with Gasteiger partial charge in [0.25, 0.3) is 0 Å². The maximum atomic E-state index is 4.25. The van der Waals surface area contributed by atoms with Crippen molar-refractivity contribution in [3.05, 3.63) is 34.9 Å². The Morgan fingerprint density at radius 2 is 2.35 bits per heavy atom. The van der Waals surface area contributed by atoms with Crippen molar-refractivity contribution in [2.24, 2.45) is 7.05 Å². The van der Waals surface area contributed by atoms with Crippen LogP contribution in [0.15, 0.2) is 30.0 Å². The van der Waals surface area contributed by atoms with E-state index in [1.165, 1.54) is 4.88 Å². The van der Waals surface area contributed by atoms with Gasteiger partial charge in [0.1, 0.15) is 12.1 Å². The van der Waals surface area contributed by atoms with E-state index in [-0.39, 0.29) is 0 Å². The SMILES string of the molecule is Cn1ncc2c(NCc3cccs3)ncnc21. The minimum Gasteiger partial charge on any atom is -0.364 e. The summed E-state index contributed by atoms with van der Waals surface area (Å²) in [6, 6.07) is 4.14. The van der Waals surface area contributed by atoms with Crippen LogP contribution in [0, 0.1) is 0 Å². The van der Waals surface area contributed by atoms with Crippen molar-refractivity contribution in [2.75, 3.05) is 5.32 Å². The number of aryl methyl sites for hydroxylation is 1. The molecule has 0 bridgehead atoms. The van der Waals surface area contributed by atoms with Crippen LogP contribution in [0.1, 0.15) is 4.88 Å². The fraction of sp³-hybridized carbons (Fsp3) is 0.182. The molecule has 0 unspecified atom stereocenters. The number of anilines is 1. The van der Waals surface area contributed by atoms with E-state index in [4.69, 9.17) is 0 Å². The second kappa shape index (κ2) is 4.14. The van der Waals surface area contributed by atoms with Gasteiger partial charge in [-0.05, 0) is 11.4 Å². The molecule has 0 aliphatic carbocycles. The number of rotatable bonds is 3. The van der Waals surface area contributed by atoms with Crippen LogP contribution in [0.4, 0.5) is 5.82 Å². The molecule has 5 nitrogen and oxygen atoms in total. The molecule has 0 saturated carbocycles. The topological polar surface area (TPSA) is 55.6 Å². The molecule has 17 heavy (non-hydrogen) atoms. The summed E-state index contributed by atoms with van der Waals surface area (Å²) in [4.78, 5) is 9.73. The lowest BCUT2D eigenvalue weighted by atomic mass is 10.4. The van der Waals surface area contributed by atoms with E-state index in [1.807, 2.05) is 13.1 Å². The Balaban J connectivity index is 1.90. The highest BCUT2D eigenvalue weighted by Gasteiger charge is 2.07. The number of nitrogens with zero attached hydrogens (tertiary/aromatic N) is 4. The second-order valence-electron chi connectivity index (χ2n) is 3.66.